The molecule has 7 nitrogen and oxygen atoms in total. The predicted octanol–water partition coefficient (Wildman–Crippen LogP) is 4.61. The van der Waals surface area contributed by atoms with E-state index in [-0.39, 0.29) is 5.70 Å². The van der Waals surface area contributed by atoms with Crippen LogP contribution in [0.25, 0.3) is 17.2 Å². The Hall–Kier alpha value is -3.62. The molecule has 0 spiro atoms. The Bertz CT molecular complexity index is 1200. The first-order chi connectivity index (χ1) is 15.4. The molecule has 1 aromatic heterocycles. The van der Waals surface area contributed by atoms with Gasteiger partial charge in [-0.3, -0.25) is 9.59 Å². The van der Waals surface area contributed by atoms with Gasteiger partial charge in [0.15, 0.2) is 0 Å². The number of carbonyl (C=O) groups excluding carboxylic acids is 3. The highest BCUT2D eigenvalue weighted by Crippen LogP contribution is 2.29. The summed E-state index contributed by atoms with van der Waals surface area (Å²) in [5, 5.41) is 7.67. The maximum absolute atomic E-state index is 12.7. The van der Waals surface area contributed by atoms with Crippen LogP contribution < -0.4 is 15.4 Å². The Morgan fingerprint density at radius 1 is 1.12 bits per heavy atom. The van der Waals surface area contributed by atoms with Crippen LogP contribution >= 0.6 is 22.9 Å². The van der Waals surface area contributed by atoms with Crippen molar-refractivity contribution >= 4 is 52.5 Å². The van der Waals surface area contributed by atoms with Crippen molar-refractivity contribution in [3.05, 3.63) is 75.6 Å². The number of benzene rings is 2. The Morgan fingerprint density at radius 3 is 2.53 bits per heavy atom. The van der Waals surface area contributed by atoms with Gasteiger partial charge in [-0.2, -0.15) is 0 Å². The van der Waals surface area contributed by atoms with Crippen LogP contribution in [-0.4, -0.2) is 36.4 Å². The summed E-state index contributed by atoms with van der Waals surface area (Å²) >= 11 is 7.27. The van der Waals surface area contributed by atoms with E-state index in [2.05, 4.69) is 10.6 Å². The van der Waals surface area contributed by atoms with Crippen LogP contribution in [0.5, 0.6) is 5.75 Å². The van der Waals surface area contributed by atoms with E-state index in [1.165, 1.54) is 11.3 Å². The summed E-state index contributed by atoms with van der Waals surface area (Å²) in [6, 6.07) is 15.5. The number of halogens is 1. The summed E-state index contributed by atoms with van der Waals surface area (Å²) in [5.74, 6) is -0.276. The molecule has 0 unspecified atom stereocenters. The van der Waals surface area contributed by atoms with Crippen LogP contribution in [0, 0.1) is 0 Å². The fraction of sp³-hybridized carbons (Fsp3) is 0.0870. The minimum absolute atomic E-state index is 0.123. The summed E-state index contributed by atoms with van der Waals surface area (Å²) in [4.78, 5) is 38.9. The second-order valence-electron chi connectivity index (χ2n) is 6.90. The van der Waals surface area contributed by atoms with E-state index in [4.69, 9.17) is 16.3 Å². The number of nitrogens with one attached hydrogen (secondary N) is 2. The van der Waals surface area contributed by atoms with Crippen molar-refractivity contribution in [1.29, 1.82) is 0 Å². The summed E-state index contributed by atoms with van der Waals surface area (Å²) < 4.78 is 5.17. The number of ether oxygens (including phenoxy) is 1. The molecule has 0 atom stereocenters. The quantitative estimate of drug-likeness (QED) is 0.409. The van der Waals surface area contributed by atoms with E-state index >= 15 is 0 Å². The highest BCUT2D eigenvalue weighted by molar-refractivity contribution is 7.11. The third kappa shape index (κ3) is 4.82. The third-order valence-corrected chi connectivity index (χ3v) is 5.85. The SMILES string of the molecule is COc1ccc(-c2csc(/C=C3\NC(=O)N(CC(=O)Nc4ccc(Cl)cc4)C3=O)c2)cc1. The fourth-order valence-corrected chi connectivity index (χ4v) is 4.07. The smallest absolute Gasteiger partial charge is 0.329 e. The van der Waals surface area contributed by atoms with Crippen molar-refractivity contribution in [3.8, 4) is 16.9 Å². The first kappa shape index (κ1) is 21.6. The lowest BCUT2D eigenvalue weighted by atomic mass is 10.1. The van der Waals surface area contributed by atoms with Crippen molar-refractivity contribution < 1.29 is 19.1 Å². The van der Waals surface area contributed by atoms with Gasteiger partial charge in [0.1, 0.15) is 18.0 Å². The highest BCUT2D eigenvalue weighted by Gasteiger charge is 2.35. The molecule has 1 saturated heterocycles. The molecule has 0 radical (unpaired) electrons. The number of imide groups is 1. The number of rotatable bonds is 6. The van der Waals surface area contributed by atoms with Gasteiger partial charge in [0.05, 0.1) is 7.11 Å². The van der Waals surface area contributed by atoms with E-state index in [1.54, 1.807) is 37.5 Å². The van der Waals surface area contributed by atoms with Crippen LogP contribution in [-0.2, 0) is 9.59 Å². The molecule has 1 aliphatic heterocycles. The normalized spacial score (nSPS) is 14.6. The van der Waals surface area contributed by atoms with Crippen molar-refractivity contribution in [3.63, 3.8) is 0 Å². The Kier molecular flexibility index (Phi) is 6.25. The zero-order chi connectivity index (χ0) is 22.7. The Balaban J connectivity index is 1.43. The van der Waals surface area contributed by atoms with Gasteiger partial charge in [0.25, 0.3) is 5.91 Å². The van der Waals surface area contributed by atoms with E-state index < -0.39 is 24.4 Å². The van der Waals surface area contributed by atoms with E-state index in [0.717, 1.165) is 26.7 Å². The molecule has 1 fully saturated rings. The molecule has 9 heteroatoms. The first-order valence-corrected chi connectivity index (χ1v) is 10.8. The second kappa shape index (κ2) is 9.25. The van der Waals surface area contributed by atoms with Gasteiger partial charge >= 0.3 is 6.03 Å². The van der Waals surface area contributed by atoms with Crippen LogP contribution in [0.4, 0.5) is 10.5 Å². The van der Waals surface area contributed by atoms with Crippen molar-refractivity contribution in [2.24, 2.45) is 0 Å². The molecule has 4 rings (SSSR count). The topological polar surface area (TPSA) is 87.7 Å². The lowest BCUT2D eigenvalue weighted by Crippen LogP contribution is -2.38. The van der Waals surface area contributed by atoms with Gasteiger partial charge in [0, 0.05) is 15.6 Å². The molecule has 2 heterocycles. The number of nitrogens with zero attached hydrogens (tertiary/aromatic N) is 1. The Labute approximate surface area is 193 Å². The van der Waals surface area contributed by atoms with Crippen LogP contribution in [0.2, 0.25) is 5.02 Å². The minimum Gasteiger partial charge on any atom is -0.497 e. The third-order valence-electron chi connectivity index (χ3n) is 4.72. The van der Waals surface area contributed by atoms with Crippen LogP contribution in [0.15, 0.2) is 65.7 Å². The van der Waals surface area contributed by atoms with Gasteiger partial charge < -0.3 is 15.4 Å². The Morgan fingerprint density at radius 2 is 1.84 bits per heavy atom. The molecule has 4 amide bonds. The number of hydrogen-bond donors (Lipinski definition) is 2. The summed E-state index contributed by atoms with van der Waals surface area (Å²) in [7, 11) is 1.61. The number of anilines is 1. The maximum Gasteiger partial charge on any atom is 0.329 e. The first-order valence-electron chi connectivity index (χ1n) is 9.56. The number of hydrogen-bond acceptors (Lipinski definition) is 5. The van der Waals surface area contributed by atoms with Gasteiger partial charge in [-0.15, -0.1) is 11.3 Å². The summed E-state index contributed by atoms with van der Waals surface area (Å²) in [6.07, 6.45) is 1.61. The van der Waals surface area contributed by atoms with E-state index in [1.807, 2.05) is 35.7 Å². The number of methoxy groups -OCH3 is 1. The minimum atomic E-state index is -0.639. The molecule has 0 aliphatic carbocycles. The summed E-state index contributed by atoms with van der Waals surface area (Å²) in [6.45, 7) is -0.397. The van der Waals surface area contributed by atoms with E-state index in [0.29, 0.717) is 10.7 Å². The zero-order valence-corrected chi connectivity index (χ0v) is 18.5. The fourth-order valence-electron chi connectivity index (χ4n) is 3.10. The second-order valence-corrected chi connectivity index (χ2v) is 8.28. The number of urea groups is 1. The number of thiophene rings is 1. The molecular formula is C23H18ClN3O4S. The number of amides is 4. The number of carbonyl (C=O) groups is 3. The molecule has 1 aliphatic rings. The summed E-state index contributed by atoms with van der Waals surface area (Å²) in [5.41, 5.74) is 2.64. The lowest BCUT2D eigenvalue weighted by molar-refractivity contribution is -0.127. The standard InChI is InChI=1S/C23H18ClN3O4S/c1-31-18-8-2-14(3-9-18)15-10-19(32-13-15)11-20-22(29)27(23(30)26-20)12-21(28)25-17-6-4-16(24)5-7-17/h2-11,13H,12H2,1H3,(H,25,28)(H,26,30)/b20-11-. The molecule has 0 saturated carbocycles. The molecule has 2 aromatic carbocycles. The van der Waals surface area contributed by atoms with Gasteiger partial charge in [-0.05, 0) is 65.0 Å². The van der Waals surface area contributed by atoms with Gasteiger partial charge in [-0.25, -0.2) is 9.69 Å². The lowest BCUT2D eigenvalue weighted by Gasteiger charge is -2.11. The monoisotopic (exact) mass is 467 g/mol. The van der Waals surface area contributed by atoms with E-state index in [9.17, 15) is 14.4 Å². The van der Waals surface area contributed by atoms with Crippen LogP contribution in [0.3, 0.4) is 0 Å². The van der Waals surface area contributed by atoms with Crippen molar-refractivity contribution in [2.75, 3.05) is 19.0 Å². The highest BCUT2D eigenvalue weighted by atomic mass is 35.5. The van der Waals surface area contributed by atoms with Gasteiger partial charge in [0.2, 0.25) is 5.91 Å². The average molecular weight is 468 g/mol. The molecule has 32 heavy (non-hydrogen) atoms. The molecule has 162 valence electrons. The largest absolute Gasteiger partial charge is 0.497 e. The van der Waals surface area contributed by atoms with Crippen molar-refractivity contribution in [1.82, 2.24) is 10.2 Å². The van der Waals surface area contributed by atoms with Crippen molar-refractivity contribution in [2.45, 2.75) is 0 Å². The van der Waals surface area contributed by atoms with Gasteiger partial charge in [-0.1, -0.05) is 23.7 Å². The predicted molar refractivity (Wildman–Crippen MR) is 125 cm³/mol. The molecule has 3 aromatic rings. The average Bonchev–Trinajstić information content (AvgIpc) is 3.36. The maximum atomic E-state index is 12.7. The zero-order valence-electron chi connectivity index (χ0n) is 16.9. The molecule has 0 bridgehead atoms. The van der Waals surface area contributed by atoms with Crippen LogP contribution in [0.1, 0.15) is 4.88 Å². The molecular weight excluding hydrogens is 450 g/mol. The molecule has 2 N–H and O–H groups in total.